The Labute approximate surface area is 165 Å². The van der Waals surface area contributed by atoms with Crippen molar-refractivity contribution in [1.29, 1.82) is 0 Å². The minimum absolute atomic E-state index is 0.145. The molecule has 0 saturated heterocycles. The molecular weight excluding hydrogens is 386 g/mol. The van der Waals surface area contributed by atoms with Crippen LogP contribution in [0.3, 0.4) is 0 Å². The van der Waals surface area contributed by atoms with E-state index in [0.29, 0.717) is 34.4 Å². The van der Waals surface area contributed by atoms with Crippen LogP contribution in [0.25, 0.3) is 10.2 Å². The van der Waals surface area contributed by atoms with Crippen molar-refractivity contribution in [3.05, 3.63) is 53.1 Å². The molecule has 8 heteroatoms. The molecule has 27 heavy (non-hydrogen) atoms. The van der Waals surface area contributed by atoms with Gasteiger partial charge in [0.2, 0.25) is 5.91 Å². The molecule has 2 N–H and O–H groups in total. The fourth-order valence-electron chi connectivity index (χ4n) is 2.48. The molecular formula is C19H18ClN3O3S. The minimum atomic E-state index is -0.189. The van der Waals surface area contributed by atoms with Gasteiger partial charge < -0.3 is 15.4 Å². The van der Waals surface area contributed by atoms with Crippen molar-refractivity contribution in [2.45, 2.75) is 12.8 Å². The lowest BCUT2D eigenvalue weighted by molar-refractivity contribution is -0.116. The number of hydrogen-bond acceptors (Lipinski definition) is 5. The number of amides is 2. The van der Waals surface area contributed by atoms with Crippen molar-refractivity contribution >= 4 is 50.1 Å². The summed E-state index contributed by atoms with van der Waals surface area (Å²) >= 11 is 7.19. The molecule has 2 amide bonds. The summed E-state index contributed by atoms with van der Waals surface area (Å²) in [5.74, 6) is 0.341. The number of halogens is 1. The van der Waals surface area contributed by atoms with Crippen molar-refractivity contribution in [3.8, 4) is 5.75 Å². The van der Waals surface area contributed by atoms with Crippen LogP contribution in [-0.2, 0) is 4.79 Å². The molecule has 1 heterocycles. The highest BCUT2D eigenvalue weighted by Crippen LogP contribution is 2.32. The highest BCUT2D eigenvalue weighted by molar-refractivity contribution is 7.22. The summed E-state index contributed by atoms with van der Waals surface area (Å²) < 4.78 is 6.22. The number of fused-ring (bicyclic) bond motifs is 1. The first kappa shape index (κ1) is 19.1. The molecule has 2 aromatic carbocycles. The number of carbonyl (C=O) groups excluding carboxylic acids is 2. The van der Waals surface area contributed by atoms with E-state index >= 15 is 0 Å². The Balaban J connectivity index is 1.46. The van der Waals surface area contributed by atoms with Crippen LogP contribution in [0.15, 0.2) is 42.5 Å². The maximum Gasteiger partial charge on any atom is 0.251 e. The van der Waals surface area contributed by atoms with Gasteiger partial charge in [0.25, 0.3) is 5.91 Å². The lowest BCUT2D eigenvalue weighted by Gasteiger charge is -2.05. The van der Waals surface area contributed by atoms with E-state index in [1.54, 1.807) is 31.4 Å². The first-order valence-corrected chi connectivity index (χ1v) is 9.53. The number of benzene rings is 2. The molecule has 6 nitrogen and oxygen atoms in total. The monoisotopic (exact) mass is 403 g/mol. The van der Waals surface area contributed by atoms with Crippen LogP contribution in [0.1, 0.15) is 23.2 Å². The van der Waals surface area contributed by atoms with Gasteiger partial charge in [-0.25, -0.2) is 4.98 Å². The second-order valence-corrected chi connectivity index (χ2v) is 7.21. The number of nitrogens with zero attached hydrogens (tertiary/aromatic N) is 1. The Morgan fingerprint density at radius 1 is 1.19 bits per heavy atom. The normalized spacial score (nSPS) is 10.6. The fraction of sp³-hybridized carbons (Fsp3) is 0.211. The minimum Gasteiger partial charge on any atom is -0.494 e. The van der Waals surface area contributed by atoms with E-state index in [1.807, 2.05) is 18.2 Å². The van der Waals surface area contributed by atoms with Crippen LogP contribution >= 0.6 is 22.9 Å². The zero-order valence-corrected chi connectivity index (χ0v) is 16.2. The number of ether oxygens (including phenoxy) is 1. The molecule has 0 aliphatic heterocycles. The Bertz CT molecular complexity index is 956. The maximum atomic E-state index is 12.1. The third-order valence-electron chi connectivity index (χ3n) is 3.82. The van der Waals surface area contributed by atoms with Crippen molar-refractivity contribution in [3.63, 3.8) is 0 Å². The van der Waals surface area contributed by atoms with E-state index in [9.17, 15) is 9.59 Å². The fourth-order valence-corrected chi connectivity index (χ4v) is 3.50. The molecule has 3 rings (SSSR count). The largest absolute Gasteiger partial charge is 0.494 e. The van der Waals surface area contributed by atoms with Crippen LogP contribution in [0.5, 0.6) is 5.75 Å². The van der Waals surface area contributed by atoms with Gasteiger partial charge in [-0.1, -0.05) is 29.0 Å². The molecule has 0 radical (unpaired) electrons. The highest BCUT2D eigenvalue weighted by atomic mass is 35.5. The number of methoxy groups -OCH3 is 1. The van der Waals surface area contributed by atoms with Gasteiger partial charge in [-0.05, 0) is 42.8 Å². The first-order valence-electron chi connectivity index (χ1n) is 8.34. The SMILES string of the molecule is COc1cccc2sc(NC(=O)CCCNC(=O)c3ccc(Cl)cc3)nc12. The summed E-state index contributed by atoms with van der Waals surface area (Å²) in [5.41, 5.74) is 1.27. The third-order valence-corrected chi connectivity index (χ3v) is 5.01. The van der Waals surface area contributed by atoms with E-state index < -0.39 is 0 Å². The molecule has 3 aromatic rings. The van der Waals surface area contributed by atoms with Gasteiger partial charge in [0.1, 0.15) is 11.3 Å². The van der Waals surface area contributed by atoms with Gasteiger partial charge in [0.15, 0.2) is 5.13 Å². The average molecular weight is 404 g/mol. The molecule has 0 saturated carbocycles. The summed E-state index contributed by atoms with van der Waals surface area (Å²) in [4.78, 5) is 28.5. The molecule has 140 valence electrons. The van der Waals surface area contributed by atoms with Gasteiger partial charge in [0.05, 0.1) is 11.8 Å². The number of para-hydroxylation sites is 1. The van der Waals surface area contributed by atoms with E-state index in [1.165, 1.54) is 11.3 Å². The number of hydrogen-bond donors (Lipinski definition) is 2. The number of carbonyl (C=O) groups is 2. The van der Waals surface area contributed by atoms with Crippen LogP contribution in [-0.4, -0.2) is 30.5 Å². The molecule has 0 atom stereocenters. The van der Waals surface area contributed by atoms with Crippen LogP contribution in [0.2, 0.25) is 5.02 Å². The van der Waals surface area contributed by atoms with Crippen molar-refractivity contribution in [1.82, 2.24) is 10.3 Å². The van der Waals surface area contributed by atoms with Crippen LogP contribution in [0, 0.1) is 0 Å². The summed E-state index contributed by atoms with van der Waals surface area (Å²) in [6, 6.07) is 12.3. The van der Waals surface area contributed by atoms with Gasteiger partial charge >= 0.3 is 0 Å². The predicted molar refractivity (Wildman–Crippen MR) is 108 cm³/mol. The highest BCUT2D eigenvalue weighted by Gasteiger charge is 2.11. The quantitative estimate of drug-likeness (QED) is 0.582. The number of anilines is 1. The molecule has 0 spiro atoms. The van der Waals surface area contributed by atoms with E-state index in [-0.39, 0.29) is 18.2 Å². The van der Waals surface area contributed by atoms with E-state index in [2.05, 4.69) is 15.6 Å². The average Bonchev–Trinajstić information content (AvgIpc) is 3.07. The Morgan fingerprint density at radius 3 is 2.70 bits per heavy atom. The standard InChI is InChI=1S/C19H18ClN3O3S/c1-26-14-4-2-5-15-17(14)23-19(27-15)22-16(24)6-3-11-21-18(25)12-7-9-13(20)10-8-12/h2,4-5,7-10H,3,6,11H2,1H3,(H,21,25)(H,22,23,24). The van der Waals surface area contributed by atoms with Crippen molar-refractivity contribution < 1.29 is 14.3 Å². The third kappa shape index (κ3) is 4.96. The summed E-state index contributed by atoms with van der Waals surface area (Å²) in [6.45, 7) is 0.405. The van der Waals surface area contributed by atoms with Crippen molar-refractivity contribution in [2.24, 2.45) is 0 Å². The number of thiazole rings is 1. The lowest BCUT2D eigenvalue weighted by atomic mass is 10.2. The van der Waals surface area contributed by atoms with Crippen LogP contribution < -0.4 is 15.4 Å². The summed E-state index contributed by atoms with van der Waals surface area (Å²) in [5, 5.41) is 6.69. The molecule has 0 fully saturated rings. The Hall–Kier alpha value is -2.64. The molecule has 0 aliphatic carbocycles. The van der Waals surface area contributed by atoms with Gasteiger partial charge in [-0.3, -0.25) is 9.59 Å². The van der Waals surface area contributed by atoms with Gasteiger partial charge in [-0.15, -0.1) is 0 Å². The lowest BCUT2D eigenvalue weighted by Crippen LogP contribution is -2.25. The zero-order valence-electron chi connectivity index (χ0n) is 14.6. The number of rotatable bonds is 7. The van der Waals surface area contributed by atoms with Crippen molar-refractivity contribution in [2.75, 3.05) is 19.0 Å². The van der Waals surface area contributed by atoms with Gasteiger partial charge in [0, 0.05) is 23.6 Å². The molecule has 1 aromatic heterocycles. The number of aromatic nitrogens is 1. The molecule has 0 aliphatic rings. The van der Waals surface area contributed by atoms with Gasteiger partial charge in [-0.2, -0.15) is 0 Å². The maximum absolute atomic E-state index is 12.1. The molecule has 0 unspecified atom stereocenters. The first-order chi connectivity index (χ1) is 13.1. The van der Waals surface area contributed by atoms with Crippen LogP contribution in [0.4, 0.5) is 5.13 Å². The second-order valence-electron chi connectivity index (χ2n) is 5.74. The predicted octanol–water partition coefficient (Wildman–Crippen LogP) is 4.11. The topological polar surface area (TPSA) is 80.3 Å². The smallest absolute Gasteiger partial charge is 0.251 e. The zero-order chi connectivity index (χ0) is 19.2. The second kappa shape index (κ2) is 8.83. The summed E-state index contributed by atoms with van der Waals surface area (Å²) in [6.07, 6.45) is 0.813. The molecule has 0 bridgehead atoms. The Kier molecular flexibility index (Phi) is 6.26. The summed E-state index contributed by atoms with van der Waals surface area (Å²) in [7, 11) is 1.59. The number of nitrogens with one attached hydrogen (secondary N) is 2. The van der Waals surface area contributed by atoms with E-state index in [0.717, 1.165) is 10.2 Å². The Morgan fingerprint density at radius 2 is 1.96 bits per heavy atom. The van der Waals surface area contributed by atoms with E-state index in [4.69, 9.17) is 16.3 Å².